The predicted octanol–water partition coefficient (Wildman–Crippen LogP) is 1.07. The zero-order valence-corrected chi connectivity index (χ0v) is 11.8. The second kappa shape index (κ2) is 6.53. The van der Waals surface area contributed by atoms with Crippen molar-refractivity contribution in [1.82, 2.24) is 15.1 Å². The molecule has 2 heterocycles. The van der Waals surface area contributed by atoms with E-state index >= 15 is 0 Å². The summed E-state index contributed by atoms with van der Waals surface area (Å²) >= 11 is 0. The maximum absolute atomic E-state index is 12.4. The fourth-order valence-electron chi connectivity index (χ4n) is 3.11. The SMILES string of the molecule is CCN1CCC(N(C)C(=O)[C@@H]2CCCCN2)CC1. The van der Waals surface area contributed by atoms with E-state index in [0.29, 0.717) is 11.9 Å². The Bertz CT molecular complexity index is 268. The first-order valence-electron chi connectivity index (χ1n) is 7.44. The Morgan fingerprint density at radius 1 is 1.28 bits per heavy atom. The fraction of sp³-hybridized carbons (Fsp3) is 0.929. The number of hydrogen-bond donors (Lipinski definition) is 1. The zero-order valence-electron chi connectivity index (χ0n) is 11.8. The standard InChI is InChI=1S/C14H27N3O/c1-3-17-10-7-12(8-11-17)16(2)14(18)13-6-4-5-9-15-13/h12-13,15H,3-11H2,1-2H3/t13-/m0/s1. The molecule has 0 spiro atoms. The van der Waals surface area contributed by atoms with Gasteiger partial charge in [-0.2, -0.15) is 0 Å². The molecule has 0 bridgehead atoms. The smallest absolute Gasteiger partial charge is 0.239 e. The average Bonchev–Trinajstić information content (AvgIpc) is 2.47. The highest BCUT2D eigenvalue weighted by Gasteiger charge is 2.29. The number of piperidine rings is 2. The lowest BCUT2D eigenvalue weighted by atomic mass is 10.00. The number of rotatable bonds is 3. The largest absolute Gasteiger partial charge is 0.341 e. The van der Waals surface area contributed by atoms with Gasteiger partial charge in [-0.15, -0.1) is 0 Å². The first kappa shape index (κ1) is 13.8. The van der Waals surface area contributed by atoms with Crippen LogP contribution in [-0.2, 0) is 4.79 Å². The molecule has 2 fully saturated rings. The monoisotopic (exact) mass is 253 g/mol. The first-order chi connectivity index (χ1) is 8.72. The lowest BCUT2D eigenvalue weighted by molar-refractivity contribution is -0.135. The summed E-state index contributed by atoms with van der Waals surface area (Å²) < 4.78 is 0. The molecule has 1 N–H and O–H groups in total. The molecule has 2 aliphatic heterocycles. The highest BCUT2D eigenvalue weighted by Crippen LogP contribution is 2.18. The van der Waals surface area contributed by atoms with Crippen LogP contribution in [0.3, 0.4) is 0 Å². The molecule has 0 aromatic rings. The van der Waals surface area contributed by atoms with Crippen LogP contribution in [-0.4, -0.2) is 61.0 Å². The van der Waals surface area contributed by atoms with Crippen LogP contribution in [0.15, 0.2) is 0 Å². The van der Waals surface area contributed by atoms with Crippen LogP contribution in [0.25, 0.3) is 0 Å². The minimum absolute atomic E-state index is 0.0768. The van der Waals surface area contributed by atoms with E-state index in [9.17, 15) is 4.79 Å². The third-order valence-electron chi connectivity index (χ3n) is 4.51. The van der Waals surface area contributed by atoms with Gasteiger partial charge in [0, 0.05) is 26.2 Å². The summed E-state index contributed by atoms with van der Waals surface area (Å²) in [6, 6.07) is 0.525. The summed E-state index contributed by atoms with van der Waals surface area (Å²) in [7, 11) is 1.99. The molecule has 4 heteroatoms. The molecule has 0 aromatic carbocycles. The van der Waals surface area contributed by atoms with E-state index in [1.807, 2.05) is 11.9 Å². The second-order valence-corrected chi connectivity index (χ2v) is 5.62. The van der Waals surface area contributed by atoms with Crippen LogP contribution in [0, 0.1) is 0 Å². The van der Waals surface area contributed by atoms with Crippen molar-refractivity contribution < 1.29 is 4.79 Å². The predicted molar refractivity (Wildman–Crippen MR) is 73.5 cm³/mol. The maximum Gasteiger partial charge on any atom is 0.239 e. The van der Waals surface area contributed by atoms with Crippen LogP contribution in [0.5, 0.6) is 0 Å². The molecule has 1 atom stereocenters. The lowest BCUT2D eigenvalue weighted by Gasteiger charge is -2.38. The van der Waals surface area contributed by atoms with Crippen LogP contribution in [0.4, 0.5) is 0 Å². The summed E-state index contributed by atoms with van der Waals surface area (Å²) in [4.78, 5) is 16.9. The third kappa shape index (κ3) is 3.23. The Morgan fingerprint density at radius 3 is 2.56 bits per heavy atom. The van der Waals surface area contributed by atoms with Crippen molar-refractivity contribution in [3.8, 4) is 0 Å². The summed E-state index contributed by atoms with van der Waals surface area (Å²) in [6.45, 7) is 6.61. The molecular weight excluding hydrogens is 226 g/mol. The van der Waals surface area contributed by atoms with Crippen LogP contribution >= 0.6 is 0 Å². The van der Waals surface area contributed by atoms with Gasteiger partial charge in [-0.05, 0) is 38.8 Å². The van der Waals surface area contributed by atoms with Gasteiger partial charge >= 0.3 is 0 Å². The number of carbonyl (C=O) groups excluding carboxylic acids is 1. The molecule has 104 valence electrons. The third-order valence-corrected chi connectivity index (χ3v) is 4.51. The van der Waals surface area contributed by atoms with Crippen molar-refractivity contribution in [2.24, 2.45) is 0 Å². The number of nitrogens with zero attached hydrogens (tertiary/aromatic N) is 2. The van der Waals surface area contributed by atoms with Gasteiger partial charge < -0.3 is 15.1 Å². The van der Waals surface area contributed by atoms with Gasteiger partial charge in [0.15, 0.2) is 0 Å². The van der Waals surface area contributed by atoms with E-state index < -0.39 is 0 Å². The van der Waals surface area contributed by atoms with Crippen molar-refractivity contribution >= 4 is 5.91 Å². The molecule has 1 amide bonds. The Kier molecular flexibility index (Phi) is 5.01. The van der Waals surface area contributed by atoms with Gasteiger partial charge in [-0.1, -0.05) is 13.3 Å². The minimum atomic E-state index is 0.0768. The molecule has 0 aromatic heterocycles. The average molecular weight is 253 g/mol. The van der Waals surface area contributed by atoms with Gasteiger partial charge in [-0.3, -0.25) is 4.79 Å². The Labute approximate surface area is 111 Å². The molecule has 2 aliphatic rings. The zero-order chi connectivity index (χ0) is 13.0. The number of nitrogens with one attached hydrogen (secondary N) is 1. The molecule has 0 saturated carbocycles. The van der Waals surface area contributed by atoms with Crippen LogP contribution in [0.2, 0.25) is 0 Å². The second-order valence-electron chi connectivity index (χ2n) is 5.62. The van der Waals surface area contributed by atoms with Crippen molar-refractivity contribution in [3.05, 3.63) is 0 Å². The molecule has 0 radical (unpaired) electrons. The summed E-state index contributed by atoms with van der Waals surface area (Å²) in [6.07, 6.45) is 5.66. The van der Waals surface area contributed by atoms with E-state index in [4.69, 9.17) is 0 Å². The highest BCUT2D eigenvalue weighted by atomic mass is 16.2. The van der Waals surface area contributed by atoms with Gasteiger partial charge in [0.1, 0.15) is 0 Å². The fourth-order valence-corrected chi connectivity index (χ4v) is 3.11. The molecule has 18 heavy (non-hydrogen) atoms. The highest BCUT2D eigenvalue weighted by molar-refractivity contribution is 5.82. The molecule has 0 aliphatic carbocycles. The quantitative estimate of drug-likeness (QED) is 0.817. The molecule has 0 unspecified atom stereocenters. The van der Waals surface area contributed by atoms with E-state index in [-0.39, 0.29) is 6.04 Å². The maximum atomic E-state index is 12.4. The Morgan fingerprint density at radius 2 is 2.00 bits per heavy atom. The summed E-state index contributed by atoms with van der Waals surface area (Å²) in [5.74, 6) is 0.310. The molecule has 4 nitrogen and oxygen atoms in total. The molecule has 2 saturated heterocycles. The first-order valence-corrected chi connectivity index (χ1v) is 7.44. The van der Waals surface area contributed by atoms with Crippen molar-refractivity contribution in [1.29, 1.82) is 0 Å². The van der Waals surface area contributed by atoms with Gasteiger partial charge in [-0.25, -0.2) is 0 Å². The number of hydrogen-bond acceptors (Lipinski definition) is 3. The van der Waals surface area contributed by atoms with E-state index in [1.54, 1.807) is 0 Å². The molecular formula is C14H27N3O. The van der Waals surface area contributed by atoms with Gasteiger partial charge in [0.25, 0.3) is 0 Å². The lowest BCUT2D eigenvalue weighted by Crippen LogP contribution is -2.52. The van der Waals surface area contributed by atoms with Gasteiger partial charge in [0.2, 0.25) is 5.91 Å². The van der Waals surface area contributed by atoms with Crippen LogP contribution < -0.4 is 5.32 Å². The molecule has 2 rings (SSSR count). The topological polar surface area (TPSA) is 35.6 Å². The number of likely N-dealkylation sites (N-methyl/N-ethyl adjacent to an activating group) is 1. The van der Waals surface area contributed by atoms with Crippen molar-refractivity contribution in [2.45, 2.75) is 51.1 Å². The summed E-state index contributed by atoms with van der Waals surface area (Å²) in [5.41, 5.74) is 0. The van der Waals surface area contributed by atoms with E-state index in [2.05, 4.69) is 17.1 Å². The Hall–Kier alpha value is -0.610. The van der Waals surface area contributed by atoms with Crippen LogP contribution in [0.1, 0.15) is 39.0 Å². The van der Waals surface area contributed by atoms with E-state index in [0.717, 1.165) is 45.4 Å². The summed E-state index contributed by atoms with van der Waals surface area (Å²) in [5, 5.41) is 3.36. The number of likely N-dealkylation sites (tertiary alicyclic amines) is 1. The number of carbonyl (C=O) groups is 1. The van der Waals surface area contributed by atoms with E-state index in [1.165, 1.54) is 12.8 Å². The normalized spacial score (nSPS) is 27.1. The van der Waals surface area contributed by atoms with Crippen molar-refractivity contribution in [2.75, 3.05) is 33.2 Å². The Balaban J connectivity index is 1.83. The van der Waals surface area contributed by atoms with Crippen molar-refractivity contribution in [3.63, 3.8) is 0 Å². The number of amides is 1. The minimum Gasteiger partial charge on any atom is -0.341 e. The van der Waals surface area contributed by atoms with Gasteiger partial charge in [0.05, 0.1) is 6.04 Å².